The Morgan fingerprint density at radius 3 is 2.29 bits per heavy atom. The predicted molar refractivity (Wildman–Crippen MR) is 78.0 cm³/mol. The molecule has 0 saturated heterocycles. The average Bonchev–Trinajstić information content (AvgIpc) is 2.38. The molecule has 0 saturated carbocycles. The lowest BCUT2D eigenvalue weighted by Crippen LogP contribution is -2.26. The van der Waals surface area contributed by atoms with Gasteiger partial charge in [-0.15, -0.1) is 0 Å². The summed E-state index contributed by atoms with van der Waals surface area (Å²) in [4.78, 5) is -0.260. The van der Waals surface area contributed by atoms with Crippen molar-refractivity contribution in [3.8, 4) is 0 Å². The number of hydrogen-bond donors (Lipinski definition) is 1. The van der Waals surface area contributed by atoms with Crippen molar-refractivity contribution in [1.82, 2.24) is 0 Å². The maximum atomic E-state index is 14.1. The molecule has 6 heteroatoms. The first-order valence-corrected chi connectivity index (χ1v) is 7.90. The van der Waals surface area contributed by atoms with E-state index in [-0.39, 0.29) is 16.1 Å². The maximum Gasteiger partial charge on any atom is 0.287 e. The molecule has 2 aromatic carbocycles. The number of benzene rings is 2. The number of sulfone groups is 1. The van der Waals surface area contributed by atoms with Crippen molar-refractivity contribution in [1.29, 1.82) is 0 Å². The van der Waals surface area contributed by atoms with Crippen LogP contribution in [0.25, 0.3) is 0 Å². The lowest BCUT2D eigenvalue weighted by Gasteiger charge is -2.17. The fourth-order valence-electron chi connectivity index (χ4n) is 2.03. The largest absolute Gasteiger partial charge is 0.398 e. The van der Waals surface area contributed by atoms with Crippen molar-refractivity contribution in [3.63, 3.8) is 0 Å². The summed E-state index contributed by atoms with van der Waals surface area (Å²) in [5.74, 6) is -4.78. The second kappa shape index (κ2) is 5.44. The summed E-state index contributed by atoms with van der Waals surface area (Å²) in [6.07, 6.45) is 0. The smallest absolute Gasteiger partial charge is 0.287 e. The van der Waals surface area contributed by atoms with E-state index >= 15 is 0 Å². The second-order valence-electron chi connectivity index (χ2n) is 4.87. The van der Waals surface area contributed by atoms with Crippen LogP contribution in [-0.4, -0.2) is 14.2 Å². The van der Waals surface area contributed by atoms with Gasteiger partial charge in [0.25, 0.3) is 5.92 Å². The van der Waals surface area contributed by atoms with Crippen molar-refractivity contribution in [2.24, 2.45) is 0 Å². The number of anilines is 1. The van der Waals surface area contributed by atoms with Crippen molar-refractivity contribution >= 4 is 15.5 Å². The number of hydrogen-bond acceptors (Lipinski definition) is 3. The van der Waals surface area contributed by atoms with Crippen LogP contribution >= 0.6 is 0 Å². The third-order valence-corrected chi connectivity index (χ3v) is 4.85. The molecule has 2 aromatic rings. The number of nitrogens with two attached hydrogens (primary N) is 1. The molecular formula is C15H15F2NO2S. The third kappa shape index (κ3) is 3.39. The Balaban J connectivity index is 2.37. The van der Waals surface area contributed by atoms with Gasteiger partial charge in [-0.05, 0) is 24.6 Å². The van der Waals surface area contributed by atoms with E-state index in [0.717, 1.165) is 5.56 Å². The highest BCUT2D eigenvalue weighted by atomic mass is 32.2. The van der Waals surface area contributed by atoms with Gasteiger partial charge in [-0.1, -0.05) is 36.4 Å². The van der Waals surface area contributed by atoms with Gasteiger partial charge in [0.05, 0.1) is 10.6 Å². The zero-order valence-electron chi connectivity index (χ0n) is 11.4. The number of alkyl halides is 2. The molecule has 0 heterocycles. The van der Waals surface area contributed by atoms with E-state index < -0.39 is 21.5 Å². The molecule has 0 spiro atoms. The topological polar surface area (TPSA) is 60.2 Å². The molecule has 0 aliphatic rings. The minimum atomic E-state index is -4.19. The second-order valence-corrected chi connectivity index (χ2v) is 6.83. The van der Waals surface area contributed by atoms with Crippen LogP contribution in [-0.2, 0) is 15.8 Å². The SMILES string of the molecule is Cc1ccc(S(=O)(=O)CC(F)(F)c2ccccc2)c(N)c1. The van der Waals surface area contributed by atoms with Gasteiger partial charge in [0.2, 0.25) is 0 Å². The monoisotopic (exact) mass is 311 g/mol. The van der Waals surface area contributed by atoms with Crippen LogP contribution in [0.5, 0.6) is 0 Å². The Kier molecular flexibility index (Phi) is 4.00. The zero-order chi connectivity index (χ0) is 15.7. The standard InChI is InChI=1S/C15H15F2NO2S/c1-11-7-8-14(13(18)9-11)21(19,20)10-15(16,17)12-5-3-2-4-6-12/h2-9H,10,18H2,1H3. The minimum absolute atomic E-state index is 0.0149. The normalized spacial score (nSPS) is 12.3. The summed E-state index contributed by atoms with van der Waals surface area (Å²) in [5.41, 5.74) is 6.06. The first kappa shape index (κ1) is 15.4. The molecule has 21 heavy (non-hydrogen) atoms. The molecule has 2 rings (SSSR count). The van der Waals surface area contributed by atoms with Gasteiger partial charge in [0, 0.05) is 5.56 Å². The molecular weight excluding hydrogens is 296 g/mol. The first-order chi connectivity index (χ1) is 9.72. The number of halogens is 2. The first-order valence-electron chi connectivity index (χ1n) is 6.25. The molecule has 0 fully saturated rings. The quantitative estimate of drug-likeness (QED) is 0.882. The van der Waals surface area contributed by atoms with Gasteiger partial charge in [-0.2, -0.15) is 0 Å². The number of nitrogen functional groups attached to an aromatic ring is 1. The van der Waals surface area contributed by atoms with Crippen molar-refractivity contribution < 1.29 is 17.2 Å². The fraction of sp³-hybridized carbons (Fsp3) is 0.200. The molecule has 0 amide bonds. The molecule has 0 unspecified atom stereocenters. The summed E-state index contributed by atoms with van der Waals surface area (Å²) in [6.45, 7) is 1.74. The Labute approximate surface area is 122 Å². The molecule has 0 bridgehead atoms. The van der Waals surface area contributed by atoms with E-state index in [0.29, 0.717) is 0 Å². The van der Waals surface area contributed by atoms with Crippen molar-refractivity contribution in [2.75, 3.05) is 11.5 Å². The Bertz CT molecular complexity index is 744. The minimum Gasteiger partial charge on any atom is -0.398 e. The summed E-state index contributed by atoms with van der Waals surface area (Å²) in [7, 11) is -4.19. The van der Waals surface area contributed by atoms with Gasteiger partial charge in [0.1, 0.15) is 5.75 Å². The molecule has 0 aliphatic heterocycles. The van der Waals surface area contributed by atoms with E-state index in [1.165, 1.54) is 42.5 Å². The Morgan fingerprint density at radius 1 is 1.10 bits per heavy atom. The van der Waals surface area contributed by atoms with Gasteiger partial charge in [-0.25, -0.2) is 17.2 Å². The average molecular weight is 311 g/mol. The van der Waals surface area contributed by atoms with Gasteiger partial charge < -0.3 is 5.73 Å². The van der Waals surface area contributed by atoms with Crippen LogP contribution in [0.1, 0.15) is 11.1 Å². The van der Waals surface area contributed by atoms with E-state index in [1.807, 2.05) is 0 Å². The van der Waals surface area contributed by atoms with E-state index in [2.05, 4.69) is 0 Å². The summed E-state index contributed by atoms with van der Waals surface area (Å²) < 4.78 is 52.6. The molecule has 0 atom stereocenters. The van der Waals surface area contributed by atoms with Crippen molar-refractivity contribution in [2.45, 2.75) is 17.7 Å². The summed E-state index contributed by atoms with van der Waals surface area (Å²) in [6, 6.07) is 11.1. The summed E-state index contributed by atoms with van der Waals surface area (Å²) in [5, 5.41) is 0. The number of rotatable bonds is 4. The van der Waals surface area contributed by atoms with Crippen LogP contribution in [0.3, 0.4) is 0 Å². The molecule has 112 valence electrons. The molecule has 3 nitrogen and oxygen atoms in total. The van der Waals surface area contributed by atoms with Crippen LogP contribution in [0.15, 0.2) is 53.4 Å². The summed E-state index contributed by atoms with van der Waals surface area (Å²) >= 11 is 0. The van der Waals surface area contributed by atoms with E-state index in [1.54, 1.807) is 13.0 Å². The lowest BCUT2D eigenvalue weighted by atomic mass is 10.1. The Hall–Kier alpha value is -1.95. The van der Waals surface area contributed by atoms with Crippen molar-refractivity contribution in [3.05, 3.63) is 59.7 Å². The molecule has 0 aliphatic carbocycles. The molecule has 0 aromatic heterocycles. The van der Waals surface area contributed by atoms with Gasteiger partial charge in [-0.3, -0.25) is 0 Å². The highest BCUT2D eigenvalue weighted by Crippen LogP contribution is 2.33. The molecule has 0 radical (unpaired) electrons. The van der Waals surface area contributed by atoms with Gasteiger partial charge >= 0.3 is 0 Å². The van der Waals surface area contributed by atoms with E-state index in [9.17, 15) is 17.2 Å². The van der Waals surface area contributed by atoms with Crippen LogP contribution in [0.4, 0.5) is 14.5 Å². The maximum absolute atomic E-state index is 14.1. The predicted octanol–water partition coefficient (Wildman–Crippen LogP) is 3.14. The number of aryl methyl sites for hydroxylation is 1. The fourth-order valence-corrected chi connectivity index (χ4v) is 3.53. The van der Waals surface area contributed by atoms with Crippen LogP contribution in [0, 0.1) is 6.92 Å². The molecule has 2 N–H and O–H groups in total. The third-order valence-electron chi connectivity index (χ3n) is 3.07. The van der Waals surface area contributed by atoms with Crippen LogP contribution < -0.4 is 5.73 Å². The van der Waals surface area contributed by atoms with Gasteiger partial charge in [0.15, 0.2) is 9.84 Å². The highest BCUT2D eigenvalue weighted by Gasteiger charge is 2.38. The highest BCUT2D eigenvalue weighted by molar-refractivity contribution is 7.91. The Morgan fingerprint density at radius 2 is 1.71 bits per heavy atom. The van der Waals surface area contributed by atoms with E-state index in [4.69, 9.17) is 5.73 Å². The lowest BCUT2D eigenvalue weighted by molar-refractivity contribution is 0.0213. The van der Waals surface area contributed by atoms with Crippen LogP contribution in [0.2, 0.25) is 0 Å². The zero-order valence-corrected chi connectivity index (χ0v) is 12.2.